The zero-order valence-corrected chi connectivity index (χ0v) is 20.5. The smallest absolute Gasteiger partial charge is 0.229 e. The Morgan fingerprint density at radius 1 is 1.09 bits per heavy atom. The van der Waals surface area contributed by atoms with Gasteiger partial charge < -0.3 is 20.3 Å². The number of rotatable bonds is 5. The highest BCUT2D eigenvalue weighted by molar-refractivity contribution is 5.85. The van der Waals surface area contributed by atoms with Crippen LogP contribution in [0.5, 0.6) is 5.75 Å². The van der Waals surface area contributed by atoms with Crippen molar-refractivity contribution in [1.82, 2.24) is 20.3 Å². The lowest BCUT2D eigenvalue weighted by Gasteiger charge is -2.34. The van der Waals surface area contributed by atoms with Crippen LogP contribution < -0.4 is 20.3 Å². The van der Waals surface area contributed by atoms with Gasteiger partial charge in [-0.15, -0.1) is 12.4 Å². The minimum atomic E-state index is -0.632. The van der Waals surface area contributed by atoms with Crippen LogP contribution in [-0.2, 0) is 0 Å². The Labute approximate surface area is 209 Å². The number of benzene rings is 1. The molecular weight excluding hydrogens is 474 g/mol. The molecular formula is C25H29ClF2N6O. The van der Waals surface area contributed by atoms with Crippen LogP contribution in [0.15, 0.2) is 36.7 Å². The summed E-state index contributed by atoms with van der Waals surface area (Å²) in [7, 11) is 0. The predicted molar refractivity (Wildman–Crippen MR) is 135 cm³/mol. The maximum atomic E-state index is 14.9. The third-order valence-corrected chi connectivity index (χ3v) is 6.39. The van der Waals surface area contributed by atoms with Crippen LogP contribution in [0.3, 0.4) is 0 Å². The van der Waals surface area contributed by atoms with Crippen LogP contribution in [0.2, 0.25) is 0 Å². The first-order valence-electron chi connectivity index (χ1n) is 11.7. The summed E-state index contributed by atoms with van der Waals surface area (Å²) in [6.45, 7) is 7.11. The van der Waals surface area contributed by atoms with E-state index in [9.17, 15) is 8.78 Å². The quantitative estimate of drug-likeness (QED) is 0.505. The second-order valence-electron chi connectivity index (χ2n) is 8.96. The molecule has 1 saturated heterocycles. The number of nitrogens with zero attached hydrogens (tertiary/aromatic N) is 4. The molecule has 10 heteroatoms. The van der Waals surface area contributed by atoms with Crippen LogP contribution >= 0.6 is 12.4 Å². The SMILES string of the molecule is CC(C)N1CCOc2c(F)cc(-c3nc(Nc4ccc(C5CCNCC5)cn4)ncc3F)cc21.Cl. The molecule has 0 aliphatic carbocycles. The van der Waals surface area contributed by atoms with Crippen molar-refractivity contribution in [2.75, 3.05) is 36.5 Å². The highest BCUT2D eigenvalue weighted by Crippen LogP contribution is 2.39. The van der Waals surface area contributed by atoms with E-state index in [1.807, 2.05) is 31.0 Å². The van der Waals surface area contributed by atoms with Crippen molar-refractivity contribution in [3.63, 3.8) is 0 Å². The van der Waals surface area contributed by atoms with Gasteiger partial charge >= 0.3 is 0 Å². The van der Waals surface area contributed by atoms with Gasteiger partial charge in [-0.1, -0.05) is 6.07 Å². The molecule has 0 unspecified atom stereocenters. The molecule has 3 aromatic rings. The van der Waals surface area contributed by atoms with E-state index < -0.39 is 11.6 Å². The molecule has 4 heterocycles. The van der Waals surface area contributed by atoms with Crippen molar-refractivity contribution in [2.24, 2.45) is 0 Å². The largest absolute Gasteiger partial charge is 0.486 e. The van der Waals surface area contributed by atoms with Crippen molar-refractivity contribution in [2.45, 2.75) is 38.6 Å². The van der Waals surface area contributed by atoms with Gasteiger partial charge in [0, 0.05) is 17.8 Å². The first-order valence-corrected chi connectivity index (χ1v) is 11.7. The lowest BCUT2D eigenvalue weighted by atomic mass is 9.91. The van der Waals surface area contributed by atoms with Crippen molar-refractivity contribution < 1.29 is 13.5 Å². The number of aromatic nitrogens is 3. The van der Waals surface area contributed by atoms with Crippen molar-refractivity contribution >= 4 is 29.9 Å². The van der Waals surface area contributed by atoms with E-state index >= 15 is 0 Å². The first-order chi connectivity index (χ1) is 16.5. The maximum absolute atomic E-state index is 14.9. The maximum Gasteiger partial charge on any atom is 0.229 e. The third-order valence-electron chi connectivity index (χ3n) is 6.39. The van der Waals surface area contributed by atoms with Crippen molar-refractivity contribution in [3.8, 4) is 17.0 Å². The molecule has 0 radical (unpaired) electrons. The lowest BCUT2D eigenvalue weighted by molar-refractivity contribution is 0.287. The molecule has 0 bridgehead atoms. The Kier molecular flexibility index (Phi) is 7.66. The molecule has 1 fully saturated rings. The van der Waals surface area contributed by atoms with Crippen LogP contribution in [0.4, 0.5) is 26.2 Å². The zero-order valence-electron chi connectivity index (χ0n) is 19.7. The number of ether oxygens (including phenoxy) is 1. The lowest BCUT2D eigenvalue weighted by Crippen LogP contribution is -2.38. The molecule has 0 atom stereocenters. The summed E-state index contributed by atoms with van der Waals surface area (Å²) >= 11 is 0. The minimum absolute atomic E-state index is 0. The van der Waals surface area contributed by atoms with Gasteiger partial charge in [-0.25, -0.2) is 23.7 Å². The van der Waals surface area contributed by atoms with Gasteiger partial charge in [-0.3, -0.25) is 0 Å². The van der Waals surface area contributed by atoms with E-state index in [0.717, 1.165) is 32.1 Å². The number of hydrogen-bond acceptors (Lipinski definition) is 7. The molecule has 2 aromatic heterocycles. The van der Waals surface area contributed by atoms with Crippen molar-refractivity contribution in [3.05, 3.63) is 53.9 Å². The summed E-state index contributed by atoms with van der Waals surface area (Å²) in [6.07, 6.45) is 5.13. The molecule has 0 saturated carbocycles. The number of halogens is 3. The Hall–Kier alpha value is -3.04. The molecule has 2 N–H and O–H groups in total. The van der Waals surface area contributed by atoms with Crippen LogP contribution in [-0.4, -0.2) is 47.2 Å². The summed E-state index contributed by atoms with van der Waals surface area (Å²) in [5.41, 5.74) is 2.14. The molecule has 7 nitrogen and oxygen atoms in total. The average Bonchev–Trinajstić information content (AvgIpc) is 2.86. The molecule has 1 aromatic carbocycles. The van der Waals surface area contributed by atoms with Crippen LogP contribution in [0, 0.1) is 11.6 Å². The van der Waals surface area contributed by atoms with Crippen LogP contribution in [0.1, 0.15) is 38.2 Å². The minimum Gasteiger partial charge on any atom is -0.486 e. The highest BCUT2D eigenvalue weighted by atomic mass is 35.5. The predicted octanol–water partition coefficient (Wildman–Crippen LogP) is 5.06. The van der Waals surface area contributed by atoms with Gasteiger partial charge in [-0.05, 0) is 69.5 Å². The Morgan fingerprint density at radius 3 is 2.60 bits per heavy atom. The number of nitrogens with one attached hydrogen (secondary N) is 2. The average molecular weight is 503 g/mol. The number of hydrogen-bond donors (Lipinski definition) is 2. The van der Waals surface area contributed by atoms with Gasteiger partial charge in [0.05, 0.1) is 18.4 Å². The summed E-state index contributed by atoms with van der Waals surface area (Å²) in [5.74, 6) is 0.270. The number of fused-ring (bicyclic) bond motifs is 1. The Morgan fingerprint density at radius 2 is 1.89 bits per heavy atom. The van der Waals surface area contributed by atoms with Gasteiger partial charge in [-0.2, -0.15) is 0 Å². The Bertz CT molecular complexity index is 1170. The summed E-state index contributed by atoms with van der Waals surface area (Å²) in [4.78, 5) is 14.9. The molecule has 5 rings (SSSR count). The van der Waals surface area contributed by atoms with Gasteiger partial charge in [0.25, 0.3) is 0 Å². The van der Waals surface area contributed by atoms with E-state index in [0.29, 0.717) is 36.1 Å². The van der Waals surface area contributed by atoms with E-state index in [4.69, 9.17) is 4.74 Å². The molecule has 2 aliphatic heterocycles. The molecule has 0 amide bonds. The highest BCUT2D eigenvalue weighted by Gasteiger charge is 2.25. The normalized spacial score (nSPS) is 15.9. The van der Waals surface area contributed by atoms with Crippen molar-refractivity contribution in [1.29, 1.82) is 0 Å². The zero-order chi connectivity index (χ0) is 23.7. The van der Waals surface area contributed by atoms with E-state index in [2.05, 4.69) is 31.7 Å². The molecule has 186 valence electrons. The fourth-order valence-corrected chi connectivity index (χ4v) is 4.60. The van der Waals surface area contributed by atoms with Gasteiger partial charge in [0.2, 0.25) is 5.95 Å². The third kappa shape index (κ3) is 5.31. The second-order valence-corrected chi connectivity index (χ2v) is 8.96. The fourth-order valence-electron chi connectivity index (χ4n) is 4.60. The number of anilines is 3. The number of piperidine rings is 1. The molecule has 2 aliphatic rings. The van der Waals surface area contributed by atoms with Gasteiger partial charge in [0.1, 0.15) is 18.1 Å². The summed E-state index contributed by atoms with van der Waals surface area (Å²) < 4.78 is 35.2. The summed E-state index contributed by atoms with van der Waals surface area (Å²) in [5, 5.41) is 6.40. The van der Waals surface area contributed by atoms with E-state index in [-0.39, 0.29) is 35.8 Å². The van der Waals surface area contributed by atoms with Crippen LogP contribution in [0.25, 0.3) is 11.3 Å². The number of pyridine rings is 1. The summed E-state index contributed by atoms with van der Waals surface area (Å²) in [6, 6.07) is 7.04. The topological polar surface area (TPSA) is 75.2 Å². The van der Waals surface area contributed by atoms with Gasteiger partial charge in [0.15, 0.2) is 17.4 Å². The standard InChI is InChI=1S/C25H28F2N6O.ClH/c1-15(2)33-9-10-34-24-19(26)11-18(12-21(24)33)23-20(27)14-30-25(32-23)31-22-4-3-17(13-29-22)16-5-7-28-8-6-16;/h3-4,11-16,28H,5-10H2,1-2H3,(H,29,30,31,32);1H. The van der Waals surface area contributed by atoms with E-state index in [1.54, 1.807) is 6.07 Å². The molecule has 35 heavy (non-hydrogen) atoms. The fraction of sp³-hybridized carbons (Fsp3) is 0.400. The van der Waals surface area contributed by atoms with E-state index in [1.165, 1.54) is 11.6 Å². The first kappa shape index (κ1) is 25.1. The Balaban J connectivity index is 0.00000289. The monoisotopic (exact) mass is 502 g/mol. The molecule has 0 spiro atoms. The second kappa shape index (κ2) is 10.7.